The van der Waals surface area contributed by atoms with Crippen molar-refractivity contribution in [3.05, 3.63) is 0 Å². The Morgan fingerprint density at radius 3 is 0.0606 bits per heavy atom. The smallest absolute Gasteiger partial charge is 0 e. The van der Waals surface area contributed by atoms with E-state index in [4.69, 9.17) is 0 Å². The Labute approximate surface area is 97.2 Å². The van der Waals surface area contributed by atoms with Crippen LogP contribution >= 0.6 is 0 Å². The molecule has 0 radical (unpaired) electrons. The summed E-state index contributed by atoms with van der Waals surface area (Å²) in [4.78, 5) is 0. The van der Waals surface area contributed by atoms with E-state index in [1.165, 1.54) is 0 Å². The maximum atomic E-state index is 0. The van der Waals surface area contributed by atoms with Crippen molar-refractivity contribution in [2.24, 2.45) is 0 Å². The summed E-state index contributed by atoms with van der Waals surface area (Å²) in [5.41, 5.74) is 0. The summed E-state index contributed by atoms with van der Waals surface area (Å²) in [5, 5.41) is 0. The molecule has 0 rings (SSSR count). The predicted octanol–water partition coefficient (Wildman–Crippen LogP) is 8.27. The third-order valence-electron chi connectivity index (χ3n) is 0. The van der Waals surface area contributed by atoms with Gasteiger partial charge in [-0.05, 0) is 0 Å². The summed E-state index contributed by atoms with van der Waals surface area (Å²) in [7, 11) is 0. The molecule has 0 unspecified atom stereocenters. The average molecular weight is 5390 g/mol. The van der Waals surface area contributed by atoms with Crippen LogP contribution < -0.4 is 0 Å². The first-order valence-corrected chi connectivity index (χ1v) is 0. The van der Waals surface area contributed by atoms with E-state index in [0.717, 1.165) is 0 Å². The Bertz CT molecular complexity index is 31.9. The molecule has 33 heavy (non-hydrogen) atoms. The zero-order valence-electron chi connectivity index (χ0n) is 5.35. The van der Waals surface area contributed by atoms with E-state index in [-0.39, 0.29) is 96.5 Å². The van der Waals surface area contributed by atoms with E-state index in [1.54, 1.807) is 0 Å². The van der Waals surface area contributed by atoms with Crippen LogP contribution in [-0.4, -0.2) is 0 Å². The Hall–Kier alpha value is -20.0. The molecule has 0 aliphatic carbocycles. The fraction of sp³-hybridized carbons (Fsp3) is 1.00. The zero-order valence-corrected chi connectivity index (χ0v) is 49.9. The summed E-state index contributed by atoms with van der Waals surface area (Å²) >= 11 is 0. The Morgan fingerprint density at radius 1 is 0.0606 bits per heavy atom. The van der Waals surface area contributed by atoms with Crippen LogP contribution in [0.1, 0.15) is 96.5 Å². The minimum atomic E-state index is 0. The van der Waals surface area contributed by atoms with Gasteiger partial charge in [0.1, 0.15) is 0 Å². The molecule has 0 saturated carbocycles. The summed E-state index contributed by atoms with van der Waals surface area (Å²) in [5.74, 6) is 0. The molecule has 0 fully saturated rings. The summed E-state index contributed by atoms with van der Waals surface area (Å²) < 4.78 is 0. The van der Waals surface area contributed by atoms with E-state index in [0.29, 0.717) is 0 Å². The molecule has 20 heteroatoms. The quantitative estimate of drug-likeness (QED) is 0.230. The van der Waals surface area contributed by atoms with Gasteiger partial charge < -0.3 is 0 Å². The van der Waals surface area contributed by atoms with Crippen LogP contribution in [0.2, 0.25) is 0 Å². The molecule has 0 nitrogen and oxygen atoms in total. The van der Waals surface area contributed by atoms with Gasteiger partial charge in [0, 0.05) is 0 Å². The normalized spacial score (nSPS) is 0. The van der Waals surface area contributed by atoms with Crippen molar-refractivity contribution in [1.29, 1.82) is 0 Å². The Morgan fingerprint density at radius 2 is 0.0606 bits per heavy atom. The predicted molar refractivity (Wildman–Crippen MR) is 87.5 cm³/mol. The van der Waals surface area contributed by atoms with Crippen molar-refractivity contribution < 1.29 is 0 Å². The summed E-state index contributed by atoms with van der Waals surface area (Å²) in [6.45, 7) is 0. The number of hydrogen-bond donors (Lipinski definition) is 0. The van der Waals surface area contributed by atoms with Gasteiger partial charge in [0.05, 0.1) is 0 Å². The van der Waals surface area contributed by atoms with Crippen molar-refractivity contribution in [2.75, 3.05) is 0 Å². The van der Waals surface area contributed by atoms with Crippen LogP contribution in [0, 0.1) is 0 Å². The first-order valence-electron chi connectivity index (χ1n) is 0. The molecule has 0 aromatic rings. The minimum Gasteiger partial charge on any atom is -0.0776 e. The van der Waals surface area contributed by atoms with Crippen LogP contribution in [0.3, 0.4) is 0 Å². The molecule has 0 heterocycles. The first-order chi connectivity index (χ1) is 0. The fourth-order valence-electron chi connectivity index (χ4n) is 0. The summed E-state index contributed by atoms with van der Waals surface area (Å²) in [6.07, 6.45) is 0. The minimum absolute atomic E-state index is 0. The van der Waals surface area contributed by atoms with Crippen molar-refractivity contribution in [3.8, 4) is 0 Å². The van der Waals surface area contributed by atoms with Gasteiger partial charge in [-0.15, -0.1) is 0 Å². The second kappa shape index (κ2) is 3.63. The second-order valence-corrected chi connectivity index (χ2v) is 0. The monoisotopic (exact) mass is 5390 g/mol. The SMILES string of the molecule is C.C.C.C.C.C.C.C.C.C.C.C.C.[No].[No].[No].[No].[No].[No].[No].[No].[No].[No].[No].[No].[No].[No].[No].[No].[No].[No].[No].[No]. The number of hydrogen-bond acceptors (Lipinski definition) is 0. The molecule has 0 atom stereocenters. The van der Waals surface area contributed by atoms with Crippen molar-refractivity contribution >= 4 is 0 Å². The van der Waals surface area contributed by atoms with E-state index in [1.807, 2.05) is 0 Å². The van der Waals surface area contributed by atoms with Crippen LogP contribution in [0.15, 0.2) is 0 Å². The molecular formula is C13H52No20. The van der Waals surface area contributed by atoms with E-state index >= 15 is 0 Å². The van der Waals surface area contributed by atoms with Gasteiger partial charge >= 0.3 is 0 Å². The van der Waals surface area contributed by atoms with Crippen LogP contribution in [0.4, 0.5) is 0 Å². The molecule has 0 aromatic heterocycles. The molecule has 384 valence electrons. The van der Waals surface area contributed by atoms with Gasteiger partial charge in [0.2, 0.25) is 0 Å². The third-order valence-corrected chi connectivity index (χ3v) is 0. The maximum Gasteiger partial charge on any atom is 0 e. The van der Waals surface area contributed by atoms with Crippen molar-refractivity contribution in [2.45, 2.75) is 96.5 Å². The van der Waals surface area contributed by atoms with Crippen molar-refractivity contribution in [1.82, 2.24) is 0 Å². The largest absolute Gasteiger partial charge is 0.0776 e. The van der Waals surface area contributed by atoms with Gasteiger partial charge in [-0.25, -0.2) is 0 Å². The summed E-state index contributed by atoms with van der Waals surface area (Å²) in [6, 6.07) is 0. The third kappa shape index (κ3) is 3.00. The van der Waals surface area contributed by atoms with Crippen LogP contribution in [0.25, 0.3) is 0 Å². The fourth-order valence-corrected chi connectivity index (χ4v) is 0. The first kappa shape index (κ1) is 4.68. The zero-order chi connectivity index (χ0) is 0. The molecule has 0 aliphatic heterocycles. The molecule has 0 aromatic carbocycles. The van der Waals surface area contributed by atoms with E-state index in [2.05, 4.69) is 0 Å². The molecule has 0 amide bonds. The molecule has 0 bridgehead atoms. The number of rotatable bonds is 0. The molecule has 0 N–H and O–H groups in total. The standard InChI is InChI=1S/13CH4.20No/h13*1H4;;;;;;;;;;;;;;;;;;;;. The van der Waals surface area contributed by atoms with Gasteiger partial charge in [0.15, 0.2) is 0 Å². The average Bonchev–Trinajstić information content (AvgIpc) is 0. The van der Waals surface area contributed by atoms with E-state index < -0.39 is 0 Å². The van der Waals surface area contributed by atoms with Crippen LogP contribution in [-0.2, 0) is 0 Å². The van der Waals surface area contributed by atoms with E-state index in [9.17, 15) is 0 Å². The van der Waals surface area contributed by atoms with Gasteiger partial charge in [0.25, 0.3) is 0 Å². The van der Waals surface area contributed by atoms with Crippen molar-refractivity contribution in [3.63, 3.8) is 0 Å². The Balaban J connectivity index is 0. The topological polar surface area (TPSA) is 0 Å². The molecule has 0 saturated heterocycles. The van der Waals surface area contributed by atoms with Crippen LogP contribution in [0.5, 0.6) is 0 Å². The second-order valence-electron chi connectivity index (χ2n) is 0. The van der Waals surface area contributed by atoms with Gasteiger partial charge in [-0.3, -0.25) is 0 Å². The molecule has 0 spiro atoms. The van der Waals surface area contributed by atoms with Gasteiger partial charge in [-0.2, -0.15) is 0 Å². The molecule has 0 aliphatic rings. The van der Waals surface area contributed by atoms with Gasteiger partial charge in [-0.1, -0.05) is 96.5 Å². The molecular weight excluding hydrogens is 5340 g/mol. The Kier molecular flexibility index (Phi) is 0.515. The maximum absolute atomic E-state index is 0.